The number of hydrogen-bond acceptors (Lipinski definition) is 6. The number of amides is 1. The van der Waals surface area contributed by atoms with Crippen molar-refractivity contribution >= 4 is 29.2 Å². The molecular weight excluding hydrogens is 358 g/mol. The number of rotatable bonds is 2. The molecule has 27 heavy (non-hydrogen) atoms. The van der Waals surface area contributed by atoms with Gasteiger partial charge in [-0.3, -0.25) is 9.69 Å². The van der Waals surface area contributed by atoms with E-state index in [0.29, 0.717) is 12.1 Å². The molecule has 0 N–H and O–H groups in total. The van der Waals surface area contributed by atoms with Gasteiger partial charge in [0, 0.05) is 70.6 Å². The summed E-state index contributed by atoms with van der Waals surface area (Å²) in [5.74, 6) is 2.51. The van der Waals surface area contributed by atoms with Gasteiger partial charge in [0.05, 0.1) is 16.8 Å². The van der Waals surface area contributed by atoms with E-state index < -0.39 is 0 Å². The van der Waals surface area contributed by atoms with Crippen molar-refractivity contribution in [2.24, 2.45) is 0 Å². The lowest BCUT2D eigenvalue weighted by atomic mass is 10.1. The summed E-state index contributed by atoms with van der Waals surface area (Å²) in [5, 5.41) is 0. The zero-order valence-corrected chi connectivity index (χ0v) is 17.5. The number of fused-ring (bicyclic) bond motifs is 3. The minimum atomic E-state index is 0.178. The summed E-state index contributed by atoms with van der Waals surface area (Å²) in [4.78, 5) is 27.2. The molecule has 6 nitrogen and oxygen atoms in total. The van der Waals surface area contributed by atoms with Gasteiger partial charge in [0.1, 0.15) is 5.82 Å². The predicted molar refractivity (Wildman–Crippen MR) is 112 cm³/mol. The van der Waals surface area contributed by atoms with Crippen molar-refractivity contribution in [3.8, 4) is 0 Å². The monoisotopic (exact) mass is 389 g/mol. The molecule has 1 aromatic rings. The topological polar surface area (TPSA) is 42.9 Å². The first-order chi connectivity index (χ1) is 13.0. The molecule has 4 heterocycles. The van der Waals surface area contributed by atoms with Crippen molar-refractivity contribution in [1.82, 2.24) is 14.8 Å². The van der Waals surface area contributed by atoms with Gasteiger partial charge in [0.15, 0.2) is 0 Å². The van der Waals surface area contributed by atoms with Crippen LogP contribution in [0.5, 0.6) is 0 Å². The van der Waals surface area contributed by atoms with E-state index in [-0.39, 0.29) is 5.91 Å². The van der Waals surface area contributed by atoms with Gasteiger partial charge in [0.2, 0.25) is 5.91 Å². The SMILES string of the molecule is CC(=O)N1CCN(c2cnc3c(c2)SCC[C@@H]2CN(C(C)C)CCN32)CC1. The molecule has 0 saturated carbocycles. The van der Waals surface area contributed by atoms with Gasteiger partial charge >= 0.3 is 0 Å². The van der Waals surface area contributed by atoms with E-state index in [1.807, 2.05) is 22.9 Å². The van der Waals surface area contributed by atoms with Crippen molar-refractivity contribution < 1.29 is 4.79 Å². The van der Waals surface area contributed by atoms with E-state index in [2.05, 4.69) is 34.6 Å². The standard InChI is InChI=1S/C20H31N5OS/c1-15(2)24-9-10-25-17(14-24)4-11-27-19-12-18(13-21-20(19)25)23-7-5-22(6-8-23)16(3)26/h12-13,15,17H,4-11,14H2,1-3H3/t17-/m1/s1. The Morgan fingerprint density at radius 2 is 1.96 bits per heavy atom. The van der Waals surface area contributed by atoms with Gasteiger partial charge in [-0.1, -0.05) is 0 Å². The van der Waals surface area contributed by atoms with E-state index in [1.165, 1.54) is 22.8 Å². The number of carbonyl (C=O) groups excluding carboxylic acids is 1. The molecule has 1 atom stereocenters. The van der Waals surface area contributed by atoms with E-state index in [1.54, 1.807) is 6.92 Å². The Bertz CT molecular complexity index is 689. The highest BCUT2D eigenvalue weighted by atomic mass is 32.2. The Kier molecular flexibility index (Phi) is 5.50. The summed E-state index contributed by atoms with van der Waals surface area (Å²) in [7, 11) is 0. The molecule has 0 bridgehead atoms. The smallest absolute Gasteiger partial charge is 0.219 e. The van der Waals surface area contributed by atoms with E-state index in [9.17, 15) is 4.79 Å². The molecule has 3 aliphatic heterocycles. The third-order valence-electron chi connectivity index (χ3n) is 6.13. The predicted octanol–water partition coefficient (Wildman–Crippen LogP) is 2.14. The number of nitrogens with zero attached hydrogens (tertiary/aromatic N) is 5. The molecule has 148 valence electrons. The van der Waals surface area contributed by atoms with Crippen LogP contribution in [-0.2, 0) is 4.79 Å². The highest BCUT2D eigenvalue weighted by Gasteiger charge is 2.32. The fraction of sp³-hybridized carbons (Fsp3) is 0.700. The van der Waals surface area contributed by atoms with E-state index in [4.69, 9.17) is 4.98 Å². The minimum absolute atomic E-state index is 0.178. The largest absolute Gasteiger partial charge is 0.367 e. The normalized spacial score (nSPS) is 23.9. The third-order valence-corrected chi connectivity index (χ3v) is 7.19. The summed E-state index contributed by atoms with van der Waals surface area (Å²) in [6, 6.07) is 3.52. The van der Waals surface area contributed by atoms with Crippen LogP contribution in [0.4, 0.5) is 11.5 Å². The third kappa shape index (κ3) is 3.90. The highest BCUT2D eigenvalue weighted by Crippen LogP contribution is 2.38. The average molecular weight is 390 g/mol. The molecule has 0 aliphatic carbocycles. The maximum Gasteiger partial charge on any atom is 0.219 e. The van der Waals surface area contributed by atoms with Crippen LogP contribution in [0.2, 0.25) is 0 Å². The van der Waals surface area contributed by atoms with E-state index >= 15 is 0 Å². The second-order valence-electron chi connectivity index (χ2n) is 8.08. The van der Waals surface area contributed by atoms with Crippen LogP contribution in [0.3, 0.4) is 0 Å². The quantitative estimate of drug-likeness (QED) is 0.772. The molecule has 0 spiro atoms. The summed E-state index contributed by atoms with van der Waals surface area (Å²) in [6.45, 7) is 13.0. The number of carbonyl (C=O) groups is 1. The van der Waals surface area contributed by atoms with Crippen molar-refractivity contribution in [3.63, 3.8) is 0 Å². The zero-order chi connectivity index (χ0) is 19.0. The minimum Gasteiger partial charge on any atom is -0.367 e. The Morgan fingerprint density at radius 3 is 2.67 bits per heavy atom. The Morgan fingerprint density at radius 1 is 1.19 bits per heavy atom. The molecule has 2 saturated heterocycles. The van der Waals surface area contributed by atoms with Gasteiger partial charge in [0.25, 0.3) is 0 Å². The number of piperazine rings is 2. The van der Waals surface area contributed by atoms with Crippen LogP contribution < -0.4 is 9.80 Å². The maximum atomic E-state index is 11.6. The number of thioether (sulfide) groups is 1. The molecule has 7 heteroatoms. The molecule has 1 amide bonds. The fourth-order valence-corrected chi connectivity index (χ4v) is 5.49. The van der Waals surface area contributed by atoms with Crippen LogP contribution in [0.15, 0.2) is 17.2 Å². The van der Waals surface area contributed by atoms with Gasteiger partial charge in [-0.05, 0) is 26.3 Å². The van der Waals surface area contributed by atoms with Crippen LogP contribution in [-0.4, -0.2) is 84.3 Å². The fourth-order valence-electron chi connectivity index (χ4n) is 4.38. The molecule has 1 aromatic heterocycles. The molecular formula is C20H31N5OS. The second-order valence-corrected chi connectivity index (χ2v) is 9.22. The number of aromatic nitrogens is 1. The molecule has 3 aliphatic rings. The van der Waals surface area contributed by atoms with Crippen molar-refractivity contribution in [2.75, 3.05) is 61.4 Å². The van der Waals surface area contributed by atoms with Gasteiger partial charge in [-0.25, -0.2) is 4.98 Å². The average Bonchev–Trinajstić information content (AvgIpc) is 2.86. The van der Waals surface area contributed by atoms with Gasteiger partial charge < -0.3 is 14.7 Å². The molecule has 4 rings (SSSR count). The van der Waals surface area contributed by atoms with Crippen LogP contribution in [0, 0.1) is 0 Å². The first-order valence-electron chi connectivity index (χ1n) is 10.2. The molecule has 2 fully saturated rings. The maximum absolute atomic E-state index is 11.6. The highest BCUT2D eigenvalue weighted by molar-refractivity contribution is 7.99. The van der Waals surface area contributed by atoms with Crippen LogP contribution >= 0.6 is 11.8 Å². The first-order valence-corrected chi connectivity index (χ1v) is 11.2. The molecule has 0 radical (unpaired) electrons. The summed E-state index contributed by atoms with van der Waals surface area (Å²) in [5.41, 5.74) is 1.20. The summed E-state index contributed by atoms with van der Waals surface area (Å²) in [6.07, 6.45) is 3.26. The van der Waals surface area contributed by atoms with Crippen molar-refractivity contribution in [1.29, 1.82) is 0 Å². The van der Waals surface area contributed by atoms with Crippen molar-refractivity contribution in [2.45, 2.75) is 44.2 Å². The van der Waals surface area contributed by atoms with Gasteiger partial charge in [-0.2, -0.15) is 0 Å². The Balaban J connectivity index is 1.50. The summed E-state index contributed by atoms with van der Waals surface area (Å²) >= 11 is 1.95. The van der Waals surface area contributed by atoms with Crippen LogP contribution in [0.1, 0.15) is 27.2 Å². The lowest BCUT2D eigenvalue weighted by Crippen LogP contribution is -2.55. The Hall–Kier alpha value is -1.47. The number of anilines is 2. The number of hydrogen-bond donors (Lipinski definition) is 0. The zero-order valence-electron chi connectivity index (χ0n) is 16.7. The van der Waals surface area contributed by atoms with Crippen LogP contribution in [0.25, 0.3) is 0 Å². The second kappa shape index (κ2) is 7.87. The molecule has 0 unspecified atom stereocenters. The summed E-state index contributed by atoms with van der Waals surface area (Å²) < 4.78 is 0. The van der Waals surface area contributed by atoms with E-state index in [0.717, 1.165) is 51.6 Å². The first kappa shape index (κ1) is 18.9. The Labute approximate surface area is 166 Å². The lowest BCUT2D eigenvalue weighted by Gasteiger charge is -2.43. The number of pyridine rings is 1. The lowest BCUT2D eigenvalue weighted by molar-refractivity contribution is -0.129. The van der Waals surface area contributed by atoms with Crippen molar-refractivity contribution in [3.05, 3.63) is 12.3 Å². The van der Waals surface area contributed by atoms with Gasteiger partial charge in [-0.15, -0.1) is 11.8 Å². The molecule has 0 aromatic carbocycles.